The molecule has 1 amide bonds. The topological polar surface area (TPSA) is 72.5 Å². The van der Waals surface area contributed by atoms with Gasteiger partial charge in [0.25, 0.3) is 0 Å². The lowest BCUT2D eigenvalue weighted by Gasteiger charge is -2.45. The zero-order chi connectivity index (χ0) is 15.6. The number of piperazine rings is 1. The van der Waals surface area contributed by atoms with Crippen LogP contribution in [0, 0.1) is 0 Å². The lowest BCUT2D eigenvalue weighted by atomic mass is 9.86. The molecule has 6 heteroatoms. The van der Waals surface area contributed by atoms with E-state index in [0.29, 0.717) is 26.2 Å². The van der Waals surface area contributed by atoms with Crippen molar-refractivity contribution in [1.82, 2.24) is 20.0 Å². The highest BCUT2D eigenvalue weighted by Crippen LogP contribution is 2.35. The molecule has 116 valence electrons. The predicted molar refractivity (Wildman–Crippen MR) is 82.7 cm³/mol. The molecule has 0 spiro atoms. The van der Waals surface area contributed by atoms with Gasteiger partial charge in [-0.25, -0.2) is 4.79 Å². The molecular formula is C16H20N4O2. The molecule has 1 aromatic heterocycles. The molecule has 1 aliphatic heterocycles. The molecular weight excluding hydrogens is 280 g/mol. The summed E-state index contributed by atoms with van der Waals surface area (Å²) < 4.78 is 0. The fourth-order valence-corrected chi connectivity index (χ4v) is 3.14. The van der Waals surface area contributed by atoms with Gasteiger partial charge in [-0.1, -0.05) is 30.3 Å². The Morgan fingerprint density at radius 2 is 1.86 bits per heavy atom. The van der Waals surface area contributed by atoms with Crippen LogP contribution in [0.15, 0.2) is 42.6 Å². The number of rotatable bonds is 3. The van der Waals surface area contributed by atoms with Gasteiger partial charge in [0, 0.05) is 32.4 Å². The van der Waals surface area contributed by atoms with Gasteiger partial charge in [-0.15, -0.1) is 0 Å². The summed E-state index contributed by atoms with van der Waals surface area (Å²) in [4.78, 5) is 14.9. The van der Waals surface area contributed by atoms with Gasteiger partial charge in [-0.3, -0.25) is 10.00 Å². The maximum atomic E-state index is 11.1. The molecule has 3 rings (SSSR count). The number of carbonyl (C=O) groups is 1. The summed E-state index contributed by atoms with van der Waals surface area (Å²) in [6.45, 7) is 4.58. The number of aromatic amines is 1. The van der Waals surface area contributed by atoms with Crippen LogP contribution < -0.4 is 0 Å². The first kappa shape index (κ1) is 14.6. The molecule has 2 N–H and O–H groups in total. The predicted octanol–water partition coefficient (Wildman–Crippen LogP) is 1.97. The standard InChI is InChI=1S/C16H20N4O2/c1-16(14-7-8-17-18-14,13-5-3-2-4-6-13)20-11-9-19(10-12-20)15(21)22/h2-8H,9-12H2,1H3,(H,17,18)(H,21,22). The van der Waals surface area contributed by atoms with Crippen molar-refractivity contribution >= 4 is 6.09 Å². The van der Waals surface area contributed by atoms with Crippen LogP contribution in [0.1, 0.15) is 18.2 Å². The van der Waals surface area contributed by atoms with Gasteiger partial charge in [0.15, 0.2) is 0 Å². The molecule has 2 heterocycles. The fraction of sp³-hybridized carbons (Fsp3) is 0.375. The second kappa shape index (κ2) is 5.81. The van der Waals surface area contributed by atoms with Crippen LogP contribution in [0.2, 0.25) is 0 Å². The quantitative estimate of drug-likeness (QED) is 0.909. The summed E-state index contributed by atoms with van der Waals surface area (Å²) in [7, 11) is 0. The smallest absolute Gasteiger partial charge is 0.407 e. The Labute approximate surface area is 129 Å². The van der Waals surface area contributed by atoms with E-state index in [1.54, 1.807) is 6.20 Å². The van der Waals surface area contributed by atoms with Crippen molar-refractivity contribution in [3.8, 4) is 0 Å². The van der Waals surface area contributed by atoms with E-state index in [9.17, 15) is 4.79 Å². The summed E-state index contributed by atoms with van der Waals surface area (Å²) in [6, 6.07) is 12.2. The Morgan fingerprint density at radius 3 is 2.41 bits per heavy atom. The van der Waals surface area contributed by atoms with E-state index in [-0.39, 0.29) is 5.54 Å². The number of H-pyrrole nitrogens is 1. The molecule has 1 fully saturated rings. The summed E-state index contributed by atoms with van der Waals surface area (Å²) in [5.74, 6) is 0. The van der Waals surface area contributed by atoms with Gasteiger partial charge in [0.1, 0.15) is 0 Å². The van der Waals surface area contributed by atoms with Crippen LogP contribution in [-0.2, 0) is 5.54 Å². The summed E-state index contributed by atoms with van der Waals surface area (Å²) >= 11 is 0. The van der Waals surface area contributed by atoms with Gasteiger partial charge in [0.2, 0.25) is 0 Å². The molecule has 0 saturated carbocycles. The van der Waals surface area contributed by atoms with Crippen molar-refractivity contribution in [2.24, 2.45) is 0 Å². The average Bonchev–Trinajstić information content (AvgIpc) is 3.10. The highest BCUT2D eigenvalue weighted by Gasteiger charge is 2.38. The second-order valence-electron chi connectivity index (χ2n) is 5.67. The number of hydrogen-bond acceptors (Lipinski definition) is 3. The van der Waals surface area contributed by atoms with Gasteiger partial charge in [-0.05, 0) is 18.6 Å². The van der Waals surface area contributed by atoms with Gasteiger partial charge in [-0.2, -0.15) is 5.10 Å². The van der Waals surface area contributed by atoms with Gasteiger partial charge >= 0.3 is 6.09 Å². The molecule has 1 atom stereocenters. The number of nitrogens with one attached hydrogen (secondary N) is 1. The van der Waals surface area contributed by atoms with E-state index in [1.165, 1.54) is 10.5 Å². The Kier molecular flexibility index (Phi) is 3.85. The largest absolute Gasteiger partial charge is 0.465 e. The highest BCUT2D eigenvalue weighted by atomic mass is 16.4. The maximum Gasteiger partial charge on any atom is 0.407 e. The van der Waals surface area contributed by atoms with Crippen molar-refractivity contribution in [1.29, 1.82) is 0 Å². The number of nitrogens with zero attached hydrogens (tertiary/aromatic N) is 3. The molecule has 22 heavy (non-hydrogen) atoms. The number of hydrogen-bond donors (Lipinski definition) is 2. The highest BCUT2D eigenvalue weighted by molar-refractivity contribution is 5.65. The SMILES string of the molecule is CC(c1ccccc1)(c1ccn[nH]1)N1CCN(C(=O)O)CC1. The Morgan fingerprint density at radius 1 is 1.18 bits per heavy atom. The first-order chi connectivity index (χ1) is 10.6. The van der Waals surface area contributed by atoms with E-state index < -0.39 is 6.09 Å². The minimum absolute atomic E-state index is 0.345. The Hall–Kier alpha value is -2.34. The van der Waals surface area contributed by atoms with Gasteiger partial charge < -0.3 is 10.0 Å². The zero-order valence-electron chi connectivity index (χ0n) is 12.6. The summed E-state index contributed by atoms with van der Waals surface area (Å²) in [5, 5.41) is 16.3. The van der Waals surface area contributed by atoms with Crippen molar-refractivity contribution < 1.29 is 9.90 Å². The van der Waals surface area contributed by atoms with Crippen molar-refractivity contribution in [3.05, 3.63) is 53.9 Å². The Bertz CT molecular complexity index is 621. The van der Waals surface area contributed by atoms with Crippen LogP contribution >= 0.6 is 0 Å². The number of carboxylic acid groups (broad SMARTS) is 1. The third-order valence-electron chi connectivity index (χ3n) is 4.54. The lowest BCUT2D eigenvalue weighted by molar-refractivity contribution is 0.0581. The van der Waals surface area contributed by atoms with Crippen LogP contribution in [0.4, 0.5) is 4.79 Å². The van der Waals surface area contributed by atoms with Crippen LogP contribution in [-0.4, -0.2) is 57.4 Å². The minimum atomic E-state index is -0.845. The minimum Gasteiger partial charge on any atom is -0.465 e. The summed E-state index contributed by atoms with van der Waals surface area (Å²) in [6.07, 6.45) is 0.909. The normalized spacial score (nSPS) is 18.9. The third kappa shape index (κ3) is 2.46. The second-order valence-corrected chi connectivity index (χ2v) is 5.67. The summed E-state index contributed by atoms with van der Waals surface area (Å²) in [5.41, 5.74) is 1.84. The van der Waals surface area contributed by atoms with E-state index >= 15 is 0 Å². The maximum absolute atomic E-state index is 11.1. The lowest BCUT2D eigenvalue weighted by Crippen LogP contribution is -2.55. The van der Waals surface area contributed by atoms with E-state index in [1.807, 2.05) is 24.3 Å². The van der Waals surface area contributed by atoms with Crippen LogP contribution in [0.25, 0.3) is 0 Å². The van der Waals surface area contributed by atoms with Gasteiger partial charge in [0.05, 0.1) is 11.2 Å². The van der Waals surface area contributed by atoms with E-state index in [4.69, 9.17) is 5.11 Å². The number of aromatic nitrogens is 2. The molecule has 0 radical (unpaired) electrons. The van der Waals surface area contributed by atoms with E-state index in [2.05, 4.69) is 34.2 Å². The van der Waals surface area contributed by atoms with E-state index in [0.717, 1.165) is 5.69 Å². The average molecular weight is 300 g/mol. The first-order valence-corrected chi connectivity index (χ1v) is 7.40. The van der Waals surface area contributed by atoms with Crippen molar-refractivity contribution in [2.45, 2.75) is 12.5 Å². The third-order valence-corrected chi connectivity index (χ3v) is 4.54. The number of amides is 1. The van der Waals surface area contributed by atoms with Crippen LogP contribution in [0.5, 0.6) is 0 Å². The fourth-order valence-electron chi connectivity index (χ4n) is 3.14. The molecule has 0 bridgehead atoms. The molecule has 1 unspecified atom stereocenters. The Balaban J connectivity index is 1.93. The number of benzene rings is 1. The zero-order valence-corrected chi connectivity index (χ0v) is 12.6. The molecule has 0 aliphatic carbocycles. The van der Waals surface area contributed by atoms with Crippen molar-refractivity contribution in [3.63, 3.8) is 0 Å². The molecule has 1 aromatic carbocycles. The molecule has 1 aliphatic rings. The first-order valence-electron chi connectivity index (χ1n) is 7.40. The molecule has 6 nitrogen and oxygen atoms in total. The van der Waals surface area contributed by atoms with Crippen LogP contribution in [0.3, 0.4) is 0 Å². The van der Waals surface area contributed by atoms with Crippen molar-refractivity contribution in [2.75, 3.05) is 26.2 Å². The molecule has 1 saturated heterocycles. The molecule has 2 aromatic rings. The monoisotopic (exact) mass is 300 g/mol.